The van der Waals surface area contributed by atoms with E-state index in [0.717, 1.165) is 5.69 Å². The molecule has 1 heterocycles. The van der Waals surface area contributed by atoms with Crippen molar-refractivity contribution in [1.29, 1.82) is 10.5 Å². The van der Waals surface area contributed by atoms with Gasteiger partial charge in [-0.15, -0.1) is 0 Å². The van der Waals surface area contributed by atoms with Gasteiger partial charge in [-0.2, -0.15) is 10.5 Å². The maximum Gasteiger partial charge on any atom is 0.280 e. The van der Waals surface area contributed by atoms with Gasteiger partial charge >= 0.3 is 0 Å². The molecule has 7 nitrogen and oxygen atoms in total. The van der Waals surface area contributed by atoms with Crippen molar-refractivity contribution in [3.8, 4) is 17.8 Å². The summed E-state index contributed by atoms with van der Waals surface area (Å²) in [5, 5.41) is 17.7. The number of rotatable bonds is 3. The second kappa shape index (κ2) is 6.46. The van der Waals surface area contributed by atoms with Gasteiger partial charge in [0, 0.05) is 19.0 Å². The molecule has 0 radical (unpaired) electrons. The standard InChI is InChI=1S/C16H14N6O/c1-11-13(10-20-15(9-18)14(19)8-17)16(23)22(21(11)2)12-6-4-3-5-7-12/h3-7,10H,19H2,1-2H3. The van der Waals surface area contributed by atoms with Crippen LogP contribution in [0.1, 0.15) is 11.3 Å². The third-order valence-corrected chi connectivity index (χ3v) is 3.40. The summed E-state index contributed by atoms with van der Waals surface area (Å²) in [4.78, 5) is 16.5. The zero-order valence-corrected chi connectivity index (χ0v) is 12.7. The SMILES string of the molecule is Cc1c(C=NC(C#N)=C(N)C#N)c(=O)n(-c2ccccc2)n1C. The third-order valence-electron chi connectivity index (χ3n) is 3.40. The van der Waals surface area contributed by atoms with Crippen LogP contribution < -0.4 is 11.3 Å². The van der Waals surface area contributed by atoms with Gasteiger partial charge in [-0.1, -0.05) is 18.2 Å². The van der Waals surface area contributed by atoms with Crippen LogP contribution in [0.15, 0.2) is 51.5 Å². The van der Waals surface area contributed by atoms with Crippen LogP contribution in [0.3, 0.4) is 0 Å². The summed E-state index contributed by atoms with van der Waals surface area (Å²) in [5.74, 6) is 0. The fourth-order valence-electron chi connectivity index (χ4n) is 2.08. The first kappa shape index (κ1) is 15.8. The van der Waals surface area contributed by atoms with Crippen LogP contribution >= 0.6 is 0 Å². The maximum atomic E-state index is 12.6. The first-order valence-corrected chi connectivity index (χ1v) is 6.69. The van der Waals surface area contributed by atoms with Crippen LogP contribution in [-0.4, -0.2) is 15.6 Å². The van der Waals surface area contributed by atoms with Crippen molar-refractivity contribution in [3.63, 3.8) is 0 Å². The van der Waals surface area contributed by atoms with Crippen LogP contribution in [0.4, 0.5) is 0 Å². The lowest BCUT2D eigenvalue weighted by molar-refractivity contribution is 0.630. The number of nitriles is 2. The Balaban J connectivity index is 2.58. The van der Waals surface area contributed by atoms with Gasteiger partial charge < -0.3 is 5.73 Å². The molecule has 2 rings (SSSR count). The number of nitrogens with zero attached hydrogens (tertiary/aromatic N) is 5. The highest BCUT2D eigenvalue weighted by Crippen LogP contribution is 2.09. The van der Waals surface area contributed by atoms with Gasteiger partial charge in [0.2, 0.25) is 0 Å². The predicted molar refractivity (Wildman–Crippen MR) is 85.8 cm³/mol. The predicted octanol–water partition coefficient (Wildman–Crippen LogP) is 1.12. The fraction of sp³-hybridized carbons (Fsp3) is 0.125. The molecule has 0 bridgehead atoms. The minimum absolute atomic E-state index is 0.221. The molecular weight excluding hydrogens is 292 g/mol. The maximum absolute atomic E-state index is 12.6. The third kappa shape index (κ3) is 2.89. The quantitative estimate of drug-likeness (QED) is 0.676. The summed E-state index contributed by atoms with van der Waals surface area (Å²) >= 11 is 0. The minimum Gasteiger partial charge on any atom is -0.388 e. The van der Waals surface area contributed by atoms with Gasteiger partial charge in [0.05, 0.1) is 11.3 Å². The highest BCUT2D eigenvalue weighted by molar-refractivity contribution is 5.82. The number of aromatic nitrogens is 2. The minimum atomic E-state index is -0.291. The van der Waals surface area contributed by atoms with E-state index in [1.807, 2.05) is 30.3 Å². The van der Waals surface area contributed by atoms with E-state index in [4.69, 9.17) is 16.3 Å². The van der Waals surface area contributed by atoms with Crippen molar-refractivity contribution in [1.82, 2.24) is 9.36 Å². The number of hydrogen-bond donors (Lipinski definition) is 1. The van der Waals surface area contributed by atoms with Crippen LogP contribution in [0.25, 0.3) is 5.69 Å². The molecule has 0 atom stereocenters. The van der Waals surface area contributed by atoms with Crippen molar-refractivity contribution in [2.75, 3.05) is 0 Å². The summed E-state index contributed by atoms with van der Waals surface area (Å²) in [6.07, 6.45) is 1.26. The summed E-state index contributed by atoms with van der Waals surface area (Å²) in [5.41, 5.74) is 6.33. The molecule has 0 aliphatic heterocycles. The molecule has 1 aromatic carbocycles. The average molecular weight is 306 g/mol. The van der Waals surface area contributed by atoms with Crippen LogP contribution in [0.2, 0.25) is 0 Å². The largest absolute Gasteiger partial charge is 0.388 e. The summed E-state index contributed by atoms with van der Waals surface area (Å²) < 4.78 is 3.20. The Labute approximate surface area is 132 Å². The number of benzene rings is 1. The van der Waals surface area contributed by atoms with E-state index in [9.17, 15) is 4.79 Å². The number of nitrogens with two attached hydrogens (primary N) is 1. The summed E-state index contributed by atoms with van der Waals surface area (Å²) in [7, 11) is 1.76. The lowest BCUT2D eigenvalue weighted by atomic mass is 10.2. The molecule has 0 spiro atoms. The molecule has 0 fully saturated rings. The van der Waals surface area contributed by atoms with Crippen molar-refractivity contribution in [2.24, 2.45) is 17.8 Å². The lowest BCUT2D eigenvalue weighted by Gasteiger charge is -2.07. The van der Waals surface area contributed by atoms with E-state index in [1.165, 1.54) is 10.9 Å². The molecule has 23 heavy (non-hydrogen) atoms. The van der Waals surface area contributed by atoms with Gasteiger partial charge in [-0.05, 0) is 19.1 Å². The van der Waals surface area contributed by atoms with E-state index in [-0.39, 0.29) is 17.0 Å². The molecular formula is C16H14N6O. The molecule has 0 saturated heterocycles. The van der Waals surface area contributed by atoms with Crippen LogP contribution in [-0.2, 0) is 7.05 Å². The number of para-hydroxylation sites is 1. The Kier molecular flexibility index (Phi) is 4.44. The van der Waals surface area contributed by atoms with Gasteiger partial charge in [-0.3, -0.25) is 9.48 Å². The Morgan fingerprint density at radius 3 is 2.48 bits per heavy atom. The zero-order chi connectivity index (χ0) is 17.0. The fourth-order valence-corrected chi connectivity index (χ4v) is 2.08. The van der Waals surface area contributed by atoms with Crippen LogP contribution in [0, 0.1) is 29.6 Å². The van der Waals surface area contributed by atoms with Crippen molar-refractivity contribution < 1.29 is 0 Å². The lowest BCUT2D eigenvalue weighted by Crippen LogP contribution is -2.20. The molecule has 1 aromatic heterocycles. The second-order valence-corrected chi connectivity index (χ2v) is 4.72. The molecule has 7 heteroatoms. The molecule has 114 valence electrons. The Hall–Kier alpha value is -3.58. The van der Waals surface area contributed by atoms with Gasteiger partial charge in [0.25, 0.3) is 5.56 Å². The number of aliphatic imine (C=N–C) groups is 1. The molecule has 0 amide bonds. The van der Waals surface area contributed by atoms with E-state index in [1.54, 1.807) is 30.8 Å². The van der Waals surface area contributed by atoms with E-state index in [2.05, 4.69) is 4.99 Å². The smallest absolute Gasteiger partial charge is 0.280 e. The average Bonchev–Trinajstić information content (AvgIpc) is 2.78. The molecule has 0 aliphatic rings. The molecule has 0 saturated carbocycles. The molecule has 0 unspecified atom stereocenters. The van der Waals surface area contributed by atoms with Crippen molar-refractivity contribution >= 4 is 6.21 Å². The van der Waals surface area contributed by atoms with Gasteiger partial charge in [0.1, 0.15) is 17.8 Å². The molecule has 2 aromatic rings. The monoisotopic (exact) mass is 306 g/mol. The van der Waals surface area contributed by atoms with E-state index >= 15 is 0 Å². The number of allylic oxidation sites excluding steroid dienone is 2. The van der Waals surface area contributed by atoms with Crippen molar-refractivity contribution in [3.05, 3.63) is 63.3 Å². The van der Waals surface area contributed by atoms with E-state index < -0.39 is 0 Å². The first-order valence-electron chi connectivity index (χ1n) is 6.69. The Morgan fingerprint density at radius 1 is 1.26 bits per heavy atom. The first-order chi connectivity index (χ1) is 11.0. The Bertz CT molecular complexity index is 932. The normalized spacial score (nSPS) is 11.8. The van der Waals surface area contributed by atoms with Gasteiger partial charge in [0.15, 0.2) is 5.70 Å². The topological polar surface area (TPSA) is 113 Å². The number of hydrogen-bond acceptors (Lipinski definition) is 5. The van der Waals surface area contributed by atoms with Crippen molar-refractivity contribution in [2.45, 2.75) is 6.92 Å². The van der Waals surface area contributed by atoms with Gasteiger partial charge in [-0.25, -0.2) is 9.67 Å². The Morgan fingerprint density at radius 2 is 1.91 bits per heavy atom. The highest BCUT2D eigenvalue weighted by Gasteiger charge is 2.14. The molecule has 0 aliphatic carbocycles. The summed E-state index contributed by atoms with van der Waals surface area (Å²) in [6.45, 7) is 1.77. The zero-order valence-electron chi connectivity index (χ0n) is 12.7. The summed E-state index contributed by atoms with van der Waals surface area (Å²) in [6, 6.07) is 12.6. The molecule has 2 N–H and O–H groups in total. The van der Waals surface area contributed by atoms with Crippen LogP contribution in [0.5, 0.6) is 0 Å². The van der Waals surface area contributed by atoms with E-state index in [0.29, 0.717) is 11.3 Å². The highest BCUT2D eigenvalue weighted by atomic mass is 16.1. The second-order valence-electron chi connectivity index (χ2n) is 4.72.